The Hall–Kier alpha value is -1.36. The third-order valence-electron chi connectivity index (χ3n) is 3.46. The lowest BCUT2D eigenvalue weighted by molar-refractivity contribution is -0.146. The van der Waals surface area contributed by atoms with Gasteiger partial charge in [-0.15, -0.1) is 0 Å². The van der Waals surface area contributed by atoms with Crippen LogP contribution in [0, 0.1) is 11.8 Å². The summed E-state index contributed by atoms with van der Waals surface area (Å²) in [7, 11) is 0. The van der Waals surface area contributed by atoms with E-state index in [9.17, 15) is 9.59 Å². The fourth-order valence-electron chi connectivity index (χ4n) is 2.47. The van der Waals surface area contributed by atoms with E-state index in [0.29, 0.717) is 19.4 Å². The van der Waals surface area contributed by atoms with Crippen molar-refractivity contribution >= 4 is 23.2 Å². The monoisotopic (exact) mass is 267 g/mol. The zero-order chi connectivity index (χ0) is 13.0. The lowest BCUT2D eigenvalue weighted by Gasteiger charge is -2.15. The first-order valence-electron chi connectivity index (χ1n) is 6.20. The molecule has 2 unspecified atom stereocenters. The molecule has 98 valence electrons. The van der Waals surface area contributed by atoms with Gasteiger partial charge in [-0.1, -0.05) is 6.42 Å². The molecule has 1 aromatic rings. The van der Waals surface area contributed by atoms with E-state index in [-0.39, 0.29) is 11.8 Å². The molecule has 0 radical (unpaired) electrons. The van der Waals surface area contributed by atoms with E-state index in [2.05, 4.69) is 10.7 Å². The molecular weight excluding hydrogens is 250 g/mol. The zero-order valence-electron chi connectivity index (χ0n) is 10.1. The summed E-state index contributed by atoms with van der Waals surface area (Å²) in [6, 6.07) is 2.03. The highest BCUT2D eigenvalue weighted by molar-refractivity contribution is 7.07. The van der Waals surface area contributed by atoms with Gasteiger partial charge in [0.25, 0.3) is 0 Å². The molecular formula is C13H17NO3S. The molecule has 0 saturated heterocycles. The molecule has 2 rings (SSSR count). The van der Waals surface area contributed by atoms with E-state index < -0.39 is 11.9 Å². The second-order valence-electron chi connectivity index (χ2n) is 4.65. The minimum Gasteiger partial charge on any atom is -0.481 e. The molecule has 18 heavy (non-hydrogen) atoms. The largest absolute Gasteiger partial charge is 0.481 e. The number of carbonyl (C=O) groups excluding carboxylic acids is 1. The molecule has 1 heterocycles. The molecule has 0 bridgehead atoms. The van der Waals surface area contributed by atoms with Gasteiger partial charge in [0.15, 0.2) is 0 Å². The van der Waals surface area contributed by atoms with Gasteiger partial charge in [0, 0.05) is 6.54 Å². The average molecular weight is 267 g/mol. The second-order valence-corrected chi connectivity index (χ2v) is 5.43. The lowest BCUT2D eigenvalue weighted by atomic mass is 9.95. The highest BCUT2D eigenvalue weighted by atomic mass is 32.1. The van der Waals surface area contributed by atoms with Crippen LogP contribution >= 0.6 is 11.3 Å². The van der Waals surface area contributed by atoms with Crippen molar-refractivity contribution in [2.24, 2.45) is 11.8 Å². The summed E-state index contributed by atoms with van der Waals surface area (Å²) >= 11 is 1.64. The van der Waals surface area contributed by atoms with E-state index in [1.54, 1.807) is 11.3 Å². The Morgan fingerprint density at radius 3 is 2.83 bits per heavy atom. The van der Waals surface area contributed by atoms with Crippen LogP contribution in [0.5, 0.6) is 0 Å². The number of carbonyl (C=O) groups is 2. The number of amides is 1. The zero-order valence-corrected chi connectivity index (χ0v) is 10.9. The molecule has 0 aromatic carbocycles. The maximum Gasteiger partial charge on any atom is 0.307 e. The van der Waals surface area contributed by atoms with Crippen molar-refractivity contribution in [1.29, 1.82) is 0 Å². The Labute approximate surface area is 110 Å². The standard InChI is InChI=1S/C13H17NO3S/c15-12(10-2-1-3-11(10)13(16)17)14-6-4-9-5-7-18-8-9/h5,7-8,10-11H,1-4,6H2,(H,14,15)(H,16,17). The fraction of sp³-hybridized carbons (Fsp3) is 0.538. The number of rotatable bonds is 5. The van der Waals surface area contributed by atoms with Crippen molar-refractivity contribution in [3.05, 3.63) is 22.4 Å². The van der Waals surface area contributed by atoms with Crippen LogP contribution < -0.4 is 5.32 Å². The van der Waals surface area contributed by atoms with Gasteiger partial charge in [-0.05, 0) is 41.7 Å². The summed E-state index contributed by atoms with van der Waals surface area (Å²) in [5.74, 6) is -1.78. The summed E-state index contributed by atoms with van der Waals surface area (Å²) in [6.07, 6.45) is 2.96. The molecule has 1 saturated carbocycles. The summed E-state index contributed by atoms with van der Waals surface area (Å²) in [5, 5.41) is 15.9. The van der Waals surface area contributed by atoms with Gasteiger partial charge in [-0.3, -0.25) is 9.59 Å². The van der Waals surface area contributed by atoms with E-state index >= 15 is 0 Å². The number of carboxylic acid groups (broad SMARTS) is 1. The molecule has 5 heteroatoms. The third-order valence-corrected chi connectivity index (χ3v) is 4.19. The maximum absolute atomic E-state index is 11.9. The smallest absolute Gasteiger partial charge is 0.307 e. The van der Waals surface area contributed by atoms with Gasteiger partial charge in [0.1, 0.15) is 0 Å². The van der Waals surface area contributed by atoms with Crippen LogP contribution in [0.15, 0.2) is 16.8 Å². The van der Waals surface area contributed by atoms with Crippen LogP contribution in [-0.4, -0.2) is 23.5 Å². The predicted molar refractivity (Wildman–Crippen MR) is 69.5 cm³/mol. The number of hydrogen-bond donors (Lipinski definition) is 2. The highest BCUT2D eigenvalue weighted by Crippen LogP contribution is 2.31. The second kappa shape index (κ2) is 6.00. The fourth-order valence-corrected chi connectivity index (χ4v) is 3.17. The minimum atomic E-state index is -0.842. The van der Waals surface area contributed by atoms with Crippen molar-refractivity contribution in [2.75, 3.05) is 6.54 Å². The lowest BCUT2D eigenvalue weighted by Crippen LogP contribution is -2.36. The van der Waals surface area contributed by atoms with Gasteiger partial charge < -0.3 is 10.4 Å². The third kappa shape index (κ3) is 3.10. The molecule has 4 nitrogen and oxygen atoms in total. The summed E-state index contributed by atoms with van der Waals surface area (Å²) in [5.41, 5.74) is 1.21. The predicted octanol–water partition coefficient (Wildman–Crippen LogP) is 1.91. The Balaban J connectivity index is 1.79. The van der Waals surface area contributed by atoms with Crippen LogP contribution in [0.1, 0.15) is 24.8 Å². The summed E-state index contributed by atoms with van der Waals surface area (Å²) < 4.78 is 0. The topological polar surface area (TPSA) is 66.4 Å². The molecule has 0 aliphatic heterocycles. The van der Waals surface area contributed by atoms with Gasteiger partial charge in [0.2, 0.25) is 5.91 Å². The van der Waals surface area contributed by atoms with E-state index in [1.807, 2.05) is 11.4 Å². The normalized spacial score (nSPS) is 22.9. The van der Waals surface area contributed by atoms with E-state index in [4.69, 9.17) is 5.11 Å². The van der Waals surface area contributed by atoms with Crippen molar-refractivity contribution in [3.8, 4) is 0 Å². The van der Waals surface area contributed by atoms with Crippen molar-refractivity contribution in [2.45, 2.75) is 25.7 Å². The van der Waals surface area contributed by atoms with E-state index in [0.717, 1.165) is 12.8 Å². The van der Waals surface area contributed by atoms with Gasteiger partial charge in [0.05, 0.1) is 11.8 Å². The average Bonchev–Trinajstić information content (AvgIpc) is 2.99. The SMILES string of the molecule is O=C(O)C1CCCC1C(=O)NCCc1ccsc1. The number of nitrogens with one attached hydrogen (secondary N) is 1. The molecule has 2 N–H and O–H groups in total. The van der Waals surface area contributed by atoms with Crippen LogP contribution in [0.3, 0.4) is 0 Å². The first-order chi connectivity index (χ1) is 8.68. The molecule has 1 amide bonds. The Bertz CT molecular complexity index is 416. The van der Waals surface area contributed by atoms with E-state index in [1.165, 1.54) is 5.56 Å². The van der Waals surface area contributed by atoms with Crippen LogP contribution in [-0.2, 0) is 16.0 Å². The first kappa shape index (κ1) is 13.1. The quantitative estimate of drug-likeness (QED) is 0.856. The highest BCUT2D eigenvalue weighted by Gasteiger charge is 2.37. The van der Waals surface area contributed by atoms with Crippen LogP contribution in [0.4, 0.5) is 0 Å². The molecule has 1 aromatic heterocycles. The Morgan fingerprint density at radius 2 is 2.17 bits per heavy atom. The number of aliphatic carboxylic acids is 1. The van der Waals surface area contributed by atoms with Crippen molar-refractivity contribution < 1.29 is 14.7 Å². The molecule has 0 spiro atoms. The molecule has 2 atom stereocenters. The molecule has 1 aliphatic rings. The van der Waals surface area contributed by atoms with Gasteiger partial charge >= 0.3 is 5.97 Å². The van der Waals surface area contributed by atoms with Gasteiger partial charge in [-0.2, -0.15) is 11.3 Å². The Kier molecular flexibility index (Phi) is 4.36. The summed E-state index contributed by atoms with van der Waals surface area (Å²) in [6.45, 7) is 0.582. The van der Waals surface area contributed by atoms with Gasteiger partial charge in [-0.25, -0.2) is 0 Å². The molecule has 1 fully saturated rings. The number of carboxylic acids is 1. The minimum absolute atomic E-state index is 0.102. The Morgan fingerprint density at radius 1 is 1.39 bits per heavy atom. The maximum atomic E-state index is 11.9. The van der Waals surface area contributed by atoms with Crippen molar-refractivity contribution in [3.63, 3.8) is 0 Å². The van der Waals surface area contributed by atoms with Crippen LogP contribution in [0.25, 0.3) is 0 Å². The number of thiophene rings is 1. The summed E-state index contributed by atoms with van der Waals surface area (Å²) in [4.78, 5) is 22.9. The number of hydrogen-bond acceptors (Lipinski definition) is 3. The molecule has 1 aliphatic carbocycles. The van der Waals surface area contributed by atoms with Crippen molar-refractivity contribution in [1.82, 2.24) is 5.32 Å². The van der Waals surface area contributed by atoms with Crippen LogP contribution in [0.2, 0.25) is 0 Å². The first-order valence-corrected chi connectivity index (χ1v) is 7.14.